The Balaban J connectivity index is 1.48. The number of phenolic OH excluding ortho intramolecular Hbond substituents is 1. The Morgan fingerprint density at radius 2 is 1.78 bits per heavy atom. The van der Waals surface area contributed by atoms with Crippen LogP contribution in [-0.2, 0) is 4.79 Å². The minimum atomic E-state index is -0.357. The first-order valence-electron chi connectivity index (χ1n) is 10.4. The molecule has 0 aromatic heterocycles. The van der Waals surface area contributed by atoms with Crippen molar-refractivity contribution in [3.63, 3.8) is 0 Å². The van der Waals surface area contributed by atoms with Gasteiger partial charge in [0.2, 0.25) is 5.91 Å². The number of benzene rings is 3. The first kappa shape index (κ1) is 21.2. The predicted molar refractivity (Wildman–Crippen MR) is 123 cm³/mol. The molecule has 0 spiro atoms. The fourth-order valence-corrected chi connectivity index (χ4v) is 3.77. The van der Waals surface area contributed by atoms with Gasteiger partial charge in [-0.2, -0.15) is 0 Å². The Bertz CT molecular complexity index is 1110. The zero-order chi connectivity index (χ0) is 22.5. The van der Waals surface area contributed by atoms with E-state index in [9.17, 15) is 14.7 Å². The number of rotatable bonds is 7. The average Bonchev–Trinajstić information content (AvgIpc) is 2.82. The molecular formula is C25H25N3O4. The first-order chi connectivity index (χ1) is 15.6. The summed E-state index contributed by atoms with van der Waals surface area (Å²) < 4.78 is 5.25. The molecule has 3 N–H and O–H groups in total. The molecule has 0 fully saturated rings. The molecule has 1 atom stereocenters. The molecule has 0 radical (unpaired) electrons. The maximum Gasteiger partial charge on any atom is 0.257 e. The van der Waals surface area contributed by atoms with Crippen LogP contribution in [0.25, 0.3) is 0 Å². The third kappa shape index (κ3) is 4.51. The van der Waals surface area contributed by atoms with Gasteiger partial charge in [0.1, 0.15) is 17.7 Å². The molecule has 3 aromatic carbocycles. The second-order valence-electron chi connectivity index (χ2n) is 7.53. The summed E-state index contributed by atoms with van der Waals surface area (Å²) in [6, 6.07) is 21.6. The number of ether oxygens (including phenoxy) is 1. The van der Waals surface area contributed by atoms with E-state index in [0.29, 0.717) is 24.2 Å². The summed E-state index contributed by atoms with van der Waals surface area (Å²) in [6.45, 7) is 0.394. The SMILES string of the molecule is COc1ccc([C@H]2Nc3ccccc3C(=O)N2CCCC(=O)Nc2ccccc2O)cc1. The average molecular weight is 431 g/mol. The number of fused-ring (bicyclic) bond motifs is 1. The van der Waals surface area contributed by atoms with Gasteiger partial charge in [-0.15, -0.1) is 0 Å². The maximum atomic E-state index is 13.3. The number of hydrogen-bond donors (Lipinski definition) is 3. The number of nitrogens with one attached hydrogen (secondary N) is 2. The zero-order valence-corrected chi connectivity index (χ0v) is 17.7. The highest BCUT2D eigenvalue weighted by Crippen LogP contribution is 2.34. The lowest BCUT2D eigenvalue weighted by Gasteiger charge is -2.38. The van der Waals surface area contributed by atoms with Crippen LogP contribution in [0, 0.1) is 0 Å². The Morgan fingerprint density at radius 1 is 1.06 bits per heavy atom. The summed E-state index contributed by atoms with van der Waals surface area (Å²) in [5, 5.41) is 16.0. The molecule has 1 aliphatic heterocycles. The van der Waals surface area contributed by atoms with Crippen molar-refractivity contribution in [2.45, 2.75) is 19.0 Å². The second-order valence-corrected chi connectivity index (χ2v) is 7.53. The predicted octanol–water partition coefficient (Wildman–Crippen LogP) is 4.39. The number of para-hydroxylation sites is 3. The van der Waals surface area contributed by atoms with E-state index < -0.39 is 0 Å². The summed E-state index contributed by atoms with van der Waals surface area (Å²) >= 11 is 0. The second kappa shape index (κ2) is 9.43. The van der Waals surface area contributed by atoms with Gasteiger partial charge in [0, 0.05) is 18.7 Å². The molecule has 32 heavy (non-hydrogen) atoms. The number of carbonyl (C=O) groups is 2. The van der Waals surface area contributed by atoms with Crippen LogP contribution >= 0.6 is 0 Å². The topological polar surface area (TPSA) is 90.9 Å². The van der Waals surface area contributed by atoms with Crippen molar-refractivity contribution in [2.24, 2.45) is 0 Å². The molecular weight excluding hydrogens is 406 g/mol. The van der Waals surface area contributed by atoms with Crippen LogP contribution in [0.1, 0.15) is 34.9 Å². The van der Waals surface area contributed by atoms with Crippen molar-refractivity contribution in [1.82, 2.24) is 4.90 Å². The van der Waals surface area contributed by atoms with E-state index in [1.165, 1.54) is 6.07 Å². The first-order valence-corrected chi connectivity index (χ1v) is 10.4. The largest absolute Gasteiger partial charge is 0.506 e. The van der Waals surface area contributed by atoms with Crippen molar-refractivity contribution in [1.29, 1.82) is 0 Å². The minimum absolute atomic E-state index is 0.0208. The highest BCUT2D eigenvalue weighted by atomic mass is 16.5. The van der Waals surface area contributed by atoms with Crippen LogP contribution in [0.15, 0.2) is 72.8 Å². The smallest absolute Gasteiger partial charge is 0.257 e. The Morgan fingerprint density at radius 3 is 2.53 bits per heavy atom. The number of anilines is 2. The fourth-order valence-electron chi connectivity index (χ4n) is 3.77. The van der Waals surface area contributed by atoms with Crippen LogP contribution in [-0.4, -0.2) is 35.5 Å². The highest BCUT2D eigenvalue weighted by molar-refractivity contribution is 6.01. The molecule has 0 saturated carbocycles. The molecule has 1 heterocycles. The van der Waals surface area contributed by atoms with Crippen molar-refractivity contribution in [2.75, 3.05) is 24.3 Å². The summed E-state index contributed by atoms with van der Waals surface area (Å²) in [5.74, 6) is 0.461. The van der Waals surface area contributed by atoms with Crippen molar-refractivity contribution < 1.29 is 19.4 Å². The Labute approximate surface area is 186 Å². The van der Waals surface area contributed by atoms with Gasteiger partial charge in [-0.05, 0) is 48.4 Å². The van der Waals surface area contributed by atoms with E-state index in [1.54, 1.807) is 36.3 Å². The number of amides is 2. The quantitative estimate of drug-likeness (QED) is 0.483. The molecule has 4 rings (SSSR count). The Hall–Kier alpha value is -4.00. The number of hydrogen-bond acceptors (Lipinski definition) is 5. The number of nitrogens with zero attached hydrogens (tertiary/aromatic N) is 1. The van der Waals surface area contributed by atoms with Gasteiger partial charge in [-0.3, -0.25) is 9.59 Å². The maximum absolute atomic E-state index is 13.3. The lowest BCUT2D eigenvalue weighted by atomic mass is 10.0. The standard InChI is InChI=1S/C25H25N3O4/c1-32-18-14-12-17(13-15-18)24-27-20-8-3-2-7-19(20)25(31)28(24)16-6-11-23(30)26-21-9-4-5-10-22(21)29/h2-5,7-10,12-15,24,27,29H,6,11,16H2,1H3,(H,26,30)/t24-/m0/s1. The van der Waals surface area contributed by atoms with Gasteiger partial charge in [-0.1, -0.05) is 36.4 Å². The van der Waals surface area contributed by atoms with Crippen molar-refractivity contribution >= 4 is 23.2 Å². The van der Waals surface area contributed by atoms with E-state index in [1.807, 2.05) is 42.5 Å². The number of carbonyl (C=O) groups excluding carboxylic acids is 2. The summed E-state index contributed by atoms with van der Waals surface area (Å²) in [5.41, 5.74) is 2.69. The molecule has 2 amide bonds. The monoisotopic (exact) mass is 431 g/mol. The molecule has 0 saturated heterocycles. The van der Waals surface area contributed by atoms with E-state index in [0.717, 1.165) is 17.0 Å². The molecule has 7 nitrogen and oxygen atoms in total. The molecule has 0 aliphatic carbocycles. The van der Waals surface area contributed by atoms with Gasteiger partial charge in [-0.25, -0.2) is 0 Å². The van der Waals surface area contributed by atoms with E-state index in [4.69, 9.17) is 4.74 Å². The summed E-state index contributed by atoms with van der Waals surface area (Å²) in [4.78, 5) is 27.4. The molecule has 1 aliphatic rings. The number of aromatic hydroxyl groups is 1. The van der Waals surface area contributed by atoms with Gasteiger partial charge < -0.3 is 25.4 Å². The molecule has 0 unspecified atom stereocenters. The molecule has 7 heteroatoms. The van der Waals surface area contributed by atoms with Gasteiger partial charge in [0.25, 0.3) is 5.91 Å². The lowest BCUT2D eigenvalue weighted by molar-refractivity contribution is -0.116. The van der Waals surface area contributed by atoms with Crippen molar-refractivity contribution in [3.8, 4) is 11.5 Å². The highest BCUT2D eigenvalue weighted by Gasteiger charge is 2.32. The van der Waals surface area contributed by atoms with Crippen molar-refractivity contribution in [3.05, 3.63) is 83.9 Å². The van der Waals surface area contributed by atoms with E-state index >= 15 is 0 Å². The summed E-state index contributed by atoms with van der Waals surface area (Å²) in [7, 11) is 1.61. The molecule has 164 valence electrons. The van der Waals surface area contributed by atoms with Gasteiger partial charge >= 0.3 is 0 Å². The van der Waals surface area contributed by atoms with E-state index in [2.05, 4.69) is 10.6 Å². The van der Waals surface area contributed by atoms with Crippen LogP contribution < -0.4 is 15.4 Å². The number of methoxy groups -OCH3 is 1. The molecule has 3 aromatic rings. The Kier molecular flexibility index (Phi) is 6.26. The summed E-state index contributed by atoms with van der Waals surface area (Å²) in [6.07, 6.45) is 0.334. The van der Waals surface area contributed by atoms with Crippen LogP contribution in [0.3, 0.4) is 0 Å². The third-order valence-corrected chi connectivity index (χ3v) is 5.43. The van der Waals surface area contributed by atoms with Crippen LogP contribution in [0.2, 0.25) is 0 Å². The van der Waals surface area contributed by atoms with Gasteiger partial charge in [0.05, 0.1) is 18.4 Å². The fraction of sp³-hybridized carbons (Fsp3) is 0.200. The van der Waals surface area contributed by atoms with Crippen LogP contribution in [0.4, 0.5) is 11.4 Å². The minimum Gasteiger partial charge on any atom is -0.506 e. The van der Waals surface area contributed by atoms with Crippen LogP contribution in [0.5, 0.6) is 11.5 Å². The molecule has 0 bridgehead atoms. The number of phenols is 1. The third-order valence-electron chi connectivity index (χ3n) is 5.43. The lowest BCUT2D eigenvalue weighted by Crippen LogP contribution is -2.43. The normalized spacial score (nSPS) is 15.0. The van der Waals surface area contributed by atoms with Gasteiger partial charge in [0.15, 0.2) is 0 Å². The van der Waals surface area contributed by atoms with E-state index in [-0.39, 0.29) is 30.2 Å². The zero-order valence-electron chi connectivity index (χ0n) is 17.7.